The van der Waals surface area contributed by atoms with E-state index in [0.29, 0.717) is 35.9 Å². The predicted molar refractivity (Wildman–Crippen MR) is 127 cm³/mol. The molecule has 182 valence electrons. The normalized spacial score (nSPS) is 50.2. The Kier molecular flexibility index (Phi) is 5.65. The Labute approximate surface area is 199 Å². The van der Waals surface area contributed by atoms with E-state index in [0.717, 1.165) is 51.7 Å². The van der Waals surface area contributed by atoms with E-state index in [1.54, 1.807) is 0 Å². The summed E-state index contributed by atoms with van der Waals surface area (Å²) in [5, 5.41) is 0. The van der Waals surface area contributed by atoms with Crippen LogP contribution in [0.15, 0.2) is 11.6 Å². The number of rotatable bonds is 2. The lowest BCUT2D eigenvalue weighted by molar-refractivity contribution is -0.142. The molecule has 6 rings (SSSR count). The van der Waals surface area contributed by atoms with Crippen molar-refractivity contribution < 1.29 is 19.1 Å². The lowest BCUT2D eigenvalue weighted by Gasteiger charge is -2.57. The molecule has 0 aromatic heterocycles. The van der Waals surface area contributed by atoms with E-state index in [2.05, 4.69) is 19.9 Å². The molecule has 0 aromatic rings. The molecule has 4 aliphatic carbocycles. The van der Waals surface area contributed by atoms with Crippen molar-refractivity contribution >= 4 is 11.6 Å². The standard InChI is InChI=1S/C29H42O4/c1-28-11-9-18(24-7-3-5-13-32-24)15-19(28)16-22(30)26-20(28)10-12-29(2)21(26)17-23(31)27(29)25-8-4-6-14-33-25/h16,18,20-21,24-27H,3-15,17H2,1-2H3/t18-,20?,21?,24?,25?,26?,27+,28?,29?/m0/s1. The van der Waals surface area contributed by atoms with Crippen LogP contribution in [0.2, 0.25) is 0 Å². The highest BCUT2D eigenvalue weighted by molar-refractivity contribution is 5.96. The molecule has 0 amide bonds. The molecule has 5 fully saturated rings. The molecule has 2 saturated heterocycles. The molecule has 33 heavy (non-hydrogen) atoms. The molecule has 0 aromatic carbocycles. The van der Waals surface area contributed by atoms with E-state index in [-0.39, 0.29) is 34.7 Å². The van der Waals surface area contributed by atoms with Crippen molar-refractivity contribution in [3.8, 4) is 0 Å². The summed E-state index contributed by atoms with van der Waals surface area (Å²) in [5.74, 6) is 1.89. The van der Waals surface area contributed by atoms with Crippen molar-refractivity contribution in [2.24, 2.45) is 40.4 Å². The Morgan fingerprint density at radius 3 is 2.24 bits per heavy atom. The van der Waals surface area contributed by atoms with E-state index < -0.39 is 0 Å². The quantitative estimate of drug-likeness (QED) is 0.539. The number of carbonyl (C=O) groups excluding carboxylic acids is 2. The zero-order chi connectivity index (χ0) is 22.8. The van der Waals surface area contributed by atoms with Crippen LogP contribution < -0.4 is 0 Å². The van der Waals surface area contributed by atoms with E-state index in [1.807, 2.05) is 0 Å². The Hall–Kier alpha value is -1.00. The fourth-order valence-corrected chi connectivity index (χ4v) is 9.39. The Morgan fingerprint density at radius 1 is 0.818 bits per heavy atom. The minimum absolute atomic E-state index is 0.00563. The van der Waals surface area contributed by atoms with Crippen LogP contribution in [0, 0.1) is 40.4 Å². The maximum absolute atomic E-state index is 13.7. The number of ether oxygens (including phenoxy) is 2. The molecule has 9 atom stereocenters. The summed E-state index contributed by atoms with van der Waals surface area (Å²) in [6.45, 7) is 6.47. The first-order chi connectivity index (χ1) is 15.9. The van der Waals surface area contributed by atoms with E-state index in [1.165, 1.54) is 37.7 Å². The summed E-state index contributed by atoms with van der Waals surface area (Å²) >= 11 is 0. The van der Waals surface area contributed by atoms with Crippen LogP contribution in [-0.4, -0.2) is 37.0 Å². The zero-order valence-corrected chi connectivity index (χ0v) is 20.7. The first-order valence-electron chi connectivity index (χ1n) is 13.9. The van der Waals surface area contributed by atoms with Crippen LogP contribution in [0.1, 0.15) is 90.9 Å². The van der Waals surface area contributed by atoms with Crippen LogP contribution in [0.5, 0.6) is 0 Å². The van der Waals surface area contributed by atoms with Crippen LogP contribution in [0.4, 0.5) is 0 Å². The largest absolute Gasteiger partial charge is 0.378 e. The minimum atomic E-state index is -0.0786. The van der Waals surface area contributed by atoms with Crippen molar-refractivity contribution in [2.75, 3.05) is 13.2 Å². The average Bonchev–Trinajstić information content (AvgIpc) is 3.10. The molecular weight excluding hydrogens is 412 g/mol. The Bertz CT molecular complexity index is 835. The Morgan fingerprint density at radius 2 is 1.55 bits per heavy atom. The van der Waals surface area contributed by atoms with Gasteiger partial charge in [-0.05, 0) is 105 Å². The second kappa shape index (κ2) is 8.29. The number of fused-ring (bicyclic) bond motifs is 5. The van der Waals surface area contributed by atoms with Crippen molar-refractivity contribution in [2.45, 2.75) is 103 Å². The minimum Gasteiger partial charge on any atom is -0.378 e. The van der Waals surface area contributed by atoms with Crippen LogP contribution in [0.3, 0.4) is 0 Å². The van der Waals surface area contributed by atoms with Gasteiger partial charge in [-0.3, -0.25) is 9.59 Å². The fraction of sp³-hybridized carbons (Fsp3) is 0.862. The van der Waals surface area contributed by atoms with Gasteiger partial charge in [-0.25, -0.2) is 0 Å². The summed E-state index contributed by atoms with van der Waals surface area (Å²) in [4.78, 5) is 27.1. The highest BCUT2D eigenvalue weighted by Gasteiger charge is 2.64. The van der Waals surface area contributed by atoms with Gasteiger partial charge in [0.05, 0.1) is 12.2 Å². The van der Waals surface area contributed by atoms with Crippen molar-refractivity contribution in [3.05, 3.63) is 11.6 Å². The van der Waals surface area contributed by atoms with Gasteiger partial charge < -0.3 is 9.47 Å². The molecule has 0 N–H and O–H groups in total. The first kappa shape index (κ1) is 22.5. The summed E-state index contributed by atoms with van der Waals surface area (Å²) in [5.41, 5.74) is 1.44. The third-order valence-electron chi connectivity index (χ3n) is 11.2. The number of carbonyl (C=O) groups is 2. The van der Waals surface area contributed by atoms with Crippen LogP contribution in [-0.2, 0) is 19.1 Å². The van der Waals surface area contributed by atoms with Gasteiger partial charge in [0.15, 0.2) is 5.78 Å². The third-order valence-corrected chi connectivity index (χ3v) is 11.2. The lowest BCUT2D eigenvalue weighted by Crippen LogP contribution is -2.54. The van der Waals surface area contributed by atoms with Gasteiger partial charge in [0, 0.05) is 31.5 Å². The molecule has 2 aliphatic heterocycles. The maximum Gasteiger partial charge on any atom is 0.159 e. The molecule has 6 aliphatic rings. The number of hydrogen-bond acceptors (Lipinski definition) is 4. The second-order valence-corrected chi connectivity index (χ2v) is 12.7. The number of allylic oxidation sites excluding steroid dienone is 2. The highest BCUT2D eigenvalue weighted by Crippen LogP contribution is 2.66. The molecular formula is C29H42O4. The fourth-order valence-electron chi connectivity index (χ4n) is 9.39. The maximum atomic E-state index is 13.7. The van der Waals surface area contributed by atoms with Gasteiger partial charge in [-0.15, -0.1) is 0 Å². The van der Waals surface area contributed by atoms with Gasteiger partial charge in [0.1, 0.15) is 5.78 Å². The molecule has 0 spiro atoms. The highest BCUT2D eigenvalue weighted by atomic mass is 16.5. The second-order valence-electron chi connectivity index (χ2n) is 12.7. The van der Waals surface area contributed by atoms with Crippen molar-refractivity contribution in [1.82, 2.24) is 0 Å². The van der Waals surface area contributed by atoms with Gasteiger partial charge in [-0.1, -0.05) is 19.4 Å². The molecule has 4 heteroatoms. The van der Waals surface area contributed by atoms with Crippen LogP contribution in [0.25, 0.3) is 0 Å². The third kappa shape index (κ3) is 3.44. The number of Topliss-reactive ketones (excluding diaryl/α,β-unsaturated/α-hetero) is 1. The SMILES string of the molecule is CC12CC[C@H](C3CCCCO3)CC1=CC(=O)C1C2CCC2(C)C1CC(=O)[C@@H]2C1CCCCO1. The van der Waals surface area contributed by atoms with Crippen molar-refractivity contribution in [1.29, 1.82) is 0 Å². The molecule has 4 nitrogen and oxygen atoms in total. The van der Waals surface area contributed by atoms with Gasteiger partial charge in [0.25, 0.3) is 0 Å². The lowest BCUT2D eigenvalue weighted by atomic mass is 9.46. The van der Waals surface area contributed by atoms with Gasteiger partial charge in [0.2, 0.25) is 0 Å². The topological polar surface area (TPSA) is 52.6 Å². The van der Waals surface area contributed by atoms with Crippen molar-refractivity contribution in [3.63, 3.8) is 0 Å². The summed E-state index contributed by atoms with van der Waals surface area (Å²) in [6, 6.07) is 0. The summed E-state index contributed by atoms with van der Waals surface area (Å²) < 4.78 is 12.3. The van der Waals surface area contributed by atoms with Gasteiger partial charge >= 0.3 is 0 Å². The number of hydrogen-bond donors (Lipinski definition) is 0. The summed E-state index contributed by atoms with van der Waals surface area (Å²) in [6.07, 6.45) is 15.6. The molecule has 3 saturated carbocycles. The van der Waals surface area contributed by atoms with E-state index in [9.17, 15) is 9.59 Å². The first-order valence-corrected chi connectivity index (χ1v) is 13.9. The summed E-state index contributed by atoms with van der Waals surface area (Å²) in [7, 11) is 0. The van der Waals surface area contributed by atoms with E-state index in [4.69, 9.17) is 9.47 Å². The zero-order valence-electron chi connectivity index (χ0n) is 20.7. The van der Waals surface area contributed by atoms with Gasteiger partial charge in [-0.2, -0.15) is 0 Å². The molecule has 2 heterocycles. The molecule has 0 radical (unpaired) electrons. The van der Waals surface area contributed by atoms with Crippen LogP contribution >= 0.6 is 0 Å². The predicted octanol–water partition coefficient (Wildman–Crippen LogP) is 5.68. The average molecular weight is 455 g/mol. The monoisotopic (exact) mass is 454 g/mol. The molecule has 0 bridgehead atoms. The number of ketones is 2. The smallest absolute Gasteiger partial charge is 0.159 e. The Balaban J connectivity index is 1.27. The van der Waals surface area contributed by atoms with E-state index >= 15 is 0 Å². The molecule has 7 unspecified atom stereocenters.